The maximum atomic E-state index is 15.3. The van der Waals surface area contributed by atoms with Gasteiger partial charge in [0.15, 0.2) is 11.5 Å². The number of rotatable bonds is 10. The summed E-state index contributed by atoms with van der Waals surface area (Å²) in [6.07, 6.45) is 3.81. The van der Waals surface area contributed by atoms with Gasteiger partial charge in [0, 0.05) is 66.5 Å². The summed E-state index contributed by atoms with van der Waals surface area (Å²) in [4.78, 5) is 79.6. The second-order valence-corrected chi connectivity index (χ2v) is 18.8. The Morgan fingerprint density at radius 1 is 1.02 bits per heavy atom. The molecule has 0 radical (unpaired) electrons. The van der Waals surface area contributed by atoms with Gasteiger partial charge in [-0.2, -0.15) is 5.10 Å². The Hall–Kier alpha value is -6.98. The van der Waals surface area contributed by atoms with Crippen LogP contribution in [0, 0.1) is 18.3 Å². The van der Waals surface area contributed by atoms with Crippen LogP contribution in [0.1, 0.15) is 47.7 Å². The first-order chi connectivity index (χ1) is 31.6. The monoisotopic (exact) mass is 928 g/mol. The number of hydrogen-bond acceptors (Lipinski definition) is 11. The summed E-state index contributed by atoms with van der Waals surface area (Å²) in [5.41, 5.74) is 1.20. The van der Waals surface area contributed by atoms with Crippen molar-refractivity contribution in [2.24, 2.45) is 25.4 Å². The molecule has 10 rings (SSSR count). The van der Waals surface area contributed by atoms with Crippen LogP contribution in [0.15, 0.2) is 93.3 Å². The third kappa shape index (κ3) is 6.12. The van der Waals surface area contributed by atoms with Crippen molar-refractivity contribution in [3.63, 3.8) is 0 Å². The van der Waals surface area contributed by atoms with E-state index >= 15 is 9.59 Å². The molecule has 2 aliphatic heterocycles. The summed E-state index contributed by atoms with van der Waals surface area (Å²) >= 11 is 7.89. The van der Waals surface area contributed by atoms with Crippen LogP contribution in [0.3, 0.4) is 0 Å². The minimum atomic E-state index is -1.44. The van der Waals surface area contributed by atoms with Crippen molar-refractivity contribution in [1.82, 2.24) is 33.3 Å². The average Bonchev–Trinajstić information content (AvgIpc) is 3.97. The number of hydrogen-bond donors (Lipinski definition) is 1. The van der Waals surface area contributed by atoms with Crippen molar-refractivity contribution in [1.29, 1.82) is 0 Å². The fraction of sp³-hybridized carbons (Fsp3) is 0.312. The van der Waals surface area contributed by atoms with E-state index in [0.29, 0.717) is 56.4 Å². The van der Waals surface area contributed by atoms with Crippen LogP contribution in [0.25, 0.3) is 31.7 Å². The predicted molar refractivity (Wildman–Crippen MR) is 251 cm³/mol. The summed E-state index contributed by atoms with van der Waals surface area (Å²) < 4.78 is 18.6. The van der Waals surface area contributed by atoms with Crippen molar-refractivity contribution >= 4 is 61.7 Å². The minimum Gasteiger partial charge on any atom is -0.507 e. The molecule has 338 valence electrons. The van der Waals surface area contributed by atoms with Gasteiger partial charge in [0.2, 0.25) is 11.8 Å². The molecule has 1 N–H and O–H groups in total. The molecule has 18 heteroatoms. The van der Waals surface area contributed by atoms with E-state index in [9.17, 15) is 19.5 Å². The molecule has 2 amide bonds. The molecule has 3 aliphatic rings. The summed E-state index contributed by atoms with van der Waals surface area (Å²) in [5.74, 6) is -1.76. The second kappa shape index (κ2) is 15.6. The first-order valence-corrected chi connectivity index (χ1v) is 22.6. The number of benzene rings is 3. The normalized spacial score (nSPS) is 20.1. The van der Waals surface area contributed by atoms with Crippen molar-refractivity contribution in [2.75, 3.05) is 19.1 Å². The Bertz CT molecular complexity index is 3480. The second-order valence-electron chi connectivity index (χ2n) is 17.3. The standard InChI is InChI=1S/C48H45ClN8O8S/c1-8-10-25-11-9-12-28(41(25)58)40-27-15-18-55-46(62)54(17-16-31-44(60)52(4)35-23-37(65-7)36(64-6)21-32(35)50-31)47(63)57(55)34(27)20-30-43(59)56(45(61)48(30,40)3)39-22-33(51-53(39)5)42-24(2)29-19-26(49)13-14-38(29)66-42/h8-9,11-15,19,21-23,30,34,40,58H,1,10,16-18,20H2,2-7H3. The van der Waals surface area contributed by atoms with E-state index in [-0.39, 0.29) is 43.2 Å². The molecule has 3 aromatic carbocycles. The Labute approximate surface area is 385 Å². The number of carbonyl (C=O) groups excluding carboxylic acids is 2. The van der Waals surface area contributed by atoms with Crippen molar-refractivity contribution < 1.29 is 24.2 Å². The topological polar surface area (TPSA) is 178 Å². The molecule has 0 bridgehead atoms. The lowest BCUT2D eigenvalue weighted by molar-refractivity contribution is -0.129. The van der Waals surface area contributed by atoms with Gasteiger partial charge in [-0.15, -0.1) is 17.9 Å². The van der Waals surface area contributed by atoms with Crippen LogP contribution in [0.4, 0.5) is 5.82 Å². The summed E-state index contributed by atoms with van der Waals surface area (Å²) in [5, 5.41) is 18.4. The van der Waals surface area contributed by atoms with Crippen molar-refractivity contribution in [3.05, 3.63) is 138 Å². The number of allylic oxidation sites excluding steroid dienone is 3. The maximum absolute atomic E-state index is 15.3. The lowest BCUT2D eigenvalue weighted by Crippen LogP contribution is -2.49. The molecular weight excluding hydrogens is 884 g/mol. The number of aromatic hydroxyl groups is 1. The van der Waals surface area contributed by atoms with Gasteiger partial charge >= 0.3 is 11.4 Å². The van der Waals surface area contributed by atoms with Crippen LogP contribution in [0.2, 0.25) is 5.02 Å². The predicted octanol–water partition coefficient (Wildman–Crippen LogP) is 6.19. The molecule has 4 aromatic heterocycles. The molecule has 16 nitrogen and oxygen atoms in total. The summed E-state index contributed by atoms with van der Waals surface area (Å²) in [6.45, 7) is 7.42. The molecule has 7 aromatic rings. The zero-order chi connectivity index (χ0) is 46.7. The Morgan fingerprint density at radius 3 is 2.52 bits per heavy atom. The summed E-state index contributed by atoms with van der Waals surface area (Å²) in [7, 11) is 6.29. The number of amides is 2. The number of halogens is 1. The quantitative estimate of drug-likeness (QED) is 0.123. The van der Waals surface area contributed by atoms with E-state index in [4.69, 9.17) is 26.2 Å². The van der Waals surface area contributed by atoms with E-state index < -0.39 is 52.0 Å². The number of thiophene rings is 1. The maximum Gasteiger partial charge on any atom is 0.347 e. The van der Waals surface area contributed by atoms with E-state index in [1.807, 2.05) is 31.2 Å². The number of imide groups is 1. The number of phenolic OH excluding ortho intramolecular Hbond substituents is 1. The minimum absolute atomic E-state index is 0.00926. The van der Waals surface area contributed by atoms with Gasteiger partial charge in [-0.25, -0.2) is 33.4 Å². The van der Waals surface area contributed by atoms with Gasteiger partial charge in [0.05, 0.1) is 54.0 Å². The number of fused-ring (bicyclic) bond motifs is 6. The lowest BCUT2D eigenvalue weighted by atomic mass is 9.56. The van der Waals surface area contributed by atoms with E-state index in [1.54, 1.807) is 63.5 Å². The largest absolute Gasteiger partial charge is 0.507 e. The molecule has 4 atom stereocenters. The fourth-order valence-corrected chi connectivity index (χ4v) is 11.9. The highest BCUT2D eigenvalue weighted by Crippen LogP contribution is 2.62. The molecule has 1 saturated heterocycles. The van der Waals surface area contributed by atoms with Gasteiger partial charge in [0.25, 0.3) is 5.56 Å². The van der Waals surface area contributed by atoms with E-state index in [2.05, 4.69) is 11.6 Å². The average molecular weight is 929 g/mol. The highest BCUT2D eigenvalue weighted by Gasteiger charge is 2.66. The number of ether oxygens (including phenoxy) is 2. The molecule has 6 heterocycles. The number of aromatic nitrogens is 7. The first-order valence-electron chi connectivity index (χ1n) is 21.4. The third-order valence-corrected chi connectivity index (χ3v) is 15.4. The number of anilines is 1. The number of para-hydroxylation sites is 1. The number of aryl methyl sites for hydroxylation is 4. The number of carbonyl (C=O) groups is 2. The fourth-order valence-electron chi connectivity index (χ4n) is 10.5. The molecule has 4 unspecified atom stereocenters. The molecular formula is C48H45ClN8O8S. The lowest BCUT2D eigenvalue weighted by Gasteiger charge is -2.47. The van der Waals surface area contributed by atoms with Crippen LogP contribution in [-0.4, -0.2) is 64.4 Å². The third-order valence-electron chi connectivity index (χ3n) is 13.9. The van der Waals surface area contributed by atoms with Gasteiger partial charge in [-0.05, 0) is 67.0 Å². The van der Waals surface area contributed by atoms with Crippen molar-refractivity contribution in [3.8, 4) is 27.8 Å². The van der Waals surface area contributed by atoms with Crippen LogP contribution in [0.5, 0.6) is 17.2 Å². The molecule has 0 spiro atoms. The number of nitrogens with zero attached hydrogens (tertiary/aromatic N) is 8. The highest BCUT2D eigenvalue weighted by atomic mass is 35.5. The van der Waals surface area contributed by atoms with Crippen LogP contribution >= 0.6 is 22.9 Å². The van der Waals surface area contributed by atoms with E-state index in [0.717, 1.165) is 25.1 Å². The number of methoxy groups -OCH3 is 2. The molecule has 2 fully saturated rings. The Balaban J connectivity index is 1.06. The molecule has 1 aliphatic carbocycles. The van der Waals surface area contributed by atoms with E-state index in [1.165, 1.54) is 49.1 Å². The number of phenols is 1. The highest BCUT2D eigenvalue weighted by molar-refractivity contribution is 7.22. The molecule has 66 heavy (non-hydrogen) atoms. The summed E-state index contributed by atoms with van der Waals surface area (Å²) in [6, 6.07) is 15.2. The Kier molecular flexibility index (Phi) is 10.1. The van der Waals surface area contributed by atoms with Gasteiger partial charge < -0.3 is 19.1 Å². The smallest absolute Gasteiger partial charge is 0.347 e. The zero-order valence-corrected chi connectivity index (χ0v) is 38.6. The van der Waals surface area contributed by atoms with Gasteiger partial charge in [-0.1, -0.05) is 42.0 Å². The first kappa shape index (κ1) is 42.9. The van der Waals surface area contributed by atoms with Crippen LogP contribution < -0.4 is 31.3 Å². The SMILES string of the molecule is C=CCc1cccc(C2C3=CCn4c(=O)n(CCc5nc6cc(OC)c(OC)cc6n(C)c5=O)c(=O)n4C3CC3C(=O)N(c4cc(-c5sc6ccc(Cl)cc6c5C)nn4C)C(=O)C32C)c1O. The zero-order valence-electron chi connectivity index (χ0n) is 37.0. The van der Waals surface area contributed by atoms with Crippen molar-refractivity contribution in [2.45, 2.75) is 58.2 Å². The van der Waals surface area contributed by atoms with Gasteiger partial charge in [0.1, 0.15) is 23.0 Å². The molecule has 1 saturated carbocycles. The van der Waals surface area contributed by atoms with Crippen LogP contribution in [-0.2, 0) is 49.6 Å². The van der Waals surface area contributed by atoms with Gasteiger partial charge in [-0.3, -0.25) is 19.1 Å². The Morgan fingerprint density at radius 2 is 1.77 bits per heavy atom.